The van der Waals surface area contributed by atoms with E-state index in [1.807, 2.05) is 0 Å². The Balaban J connectivity index is 1.27. The number of thioether (sulfide) groups is 1. The van der Waals surface area contributed by atoms with Crippen LogP contribution in [0.5, 0.6) is 0 Å². The van der Waals surface area contributed by atoms with Crippen LogP contribution in [-0.4, -0.2) is 51.9 Å². The SMILES string of the molecule is N#C[C@@H]1CSCN1C(=O)[C@@H]1CCCN1C(=O)CCCC1Cc2ccccc2C1. The third-order valence-electron chi connectivity index (χ3n) is 6.31. The summed E-state index contributed by atoms with van der Waals surface area (Å²) in [6.45, 7) is 0.669. The Morgan fingerprint density at radius 1 is 1.18 bits per heavy atom. The monoisotopic (exact) mass is 397 g/mol. The van der Waals surface area contributed by atoms with Crippen LogP contribution in [0.25, 0.3) is 0 Å². The zero-order chi connectivity index (χ0) is 19.5. The fourth-order valence-corrected chi connectivity index (χ4v) is 5.91. The van der Waals surface area contributed by atoms with Crippen molar-refractivity contribution in [1.82, 2.24) is 9.80 Å². The van der Waals surface area contributed by atoms with Gasteiger partial charge in [0.1, 0.15) is 12.1 Å². The van der Waals surface area contributed by atoms with Gasteiger partial charge in [-0.3, -0.25) is 9.59 Å². The molecule has 0 N–H and O–H groups in total. The second kappa shape index (κ2) is 8.57. The summed E-state index contributed by atoms with van der Waals surface area (Å²) in [5.41, 5.74) is 2.92. The molecule has 0 spiro atoms. The molecule has 1 aromatic carbocycles. The van der Waals surface area contributed by atoms with Crippen LogP contribution in [0.4, 0.5) is 0 Å². The van der Waals surface area contributed by atoms with Gasteiger partial charge < -0.3 is 9.80 Å². The highest BCUT2D eigenvalue weighted by Crippen LogP contribution is 2.30. The highest BCUT2D eigenvalue weighted by atomic mass is 32.2. The zero-order valence-electron chi connectivity index (χ0n) is 16.2. The molecular formula is C22H27N3O2S. The smallest absolute Gasteiger partial charge is 0.247 e. The van der Waals surface area contributed by atoms with Crippen LogP contribution >= 0.6 is 11.8 Å². The Morgan fingerprint density at radius 2 is 1.93 bits per heavy atom. The van der Waals surface area contributed by atoms with Gasteiger partial charge >= 0.3 is 0 Å². The first-order chi connectivity index (χ1) is 13.7. The van der Waals surface area contributed by atoms with E-state index in [1.54, 1.807) is 21.6 Å². The Hall–Kier alpha value is -2.00. The average Bonchev–Trinajstić information content (AvgIpc) is 3.45. The van der Waals surface area contributed by atoms with Crippen LogP contribution in [0.2, 0.25) is 0 Å². The van der Waals surface area contributed by atoms with Crippen LogP contribution in [-0.2, 0) is 22.4 Å². The predicted molar refractivity (Wildman–Crippen MR) is 109 cm³/mol. The number of rotatable bonds is 5. The van der Waals surface area contributed by atoms with E-state index in [4.69, 9.17) is 0 Å². The molecule has 1 aromatic rings. The molecule has 28 heavy (non-hydrogen) atoms. The quantitative estimate of drug-likeness (QED) is 0.766. The molecule has 0 unspecified atom stereocenters. The van der Waals surface area contributed by atoms with Crippen molar-refractivity contribution < 1.29 is 9.59 Å². The van der Waals surface area contributed by atoms with E-state index in [-0.39, 0.29) is 23.9 Å². The average molecular weight is 398 g/mol. The lowest BCUT2D eigenvalue weighted by molar-refractivity contribution is -0.143. The minimum absolute atomic E-state index is 0.0337. The number of likely N-dealkylation sites (tertiary alicyclic amines) is 1. The van der Waals surface area contributed by atoms with Gasteiger partial charge in [-0.15, -0.1) is 11.8 Å². The molecule has 0 bridgehead atoms. The third-order valence-corrected chi connectivity index (χ3v) is 7.32. The number of hydrogen-bond acceptors (Lipinski definition) is 4. The highest BCUT2D eigenvalue weighted by molar-refractivity contribution is 7.99. The molecule has 0 radical (unpaired) electrons. The molecule has 0 saturated carbocycles. The van der Waals surface area contributed by atoms with Crippen molar-refractivity contribution in [3.63, 3.8) is 0 Å². The Kier molecular flexibility index (Phi) is 5.91. The summed E-state index contributed by atoms with van der Waals surface area (Å²) in [6, 6.07) is 10.1. The lowest BCUT2D eigenvalue weighted by atomic mass is 9.98. The Morgan fingerprint density at radius 3 is 2.64 bits per heavy atom. The Bertz CT molecular complexity index is 765. The lowest BCUT2D eigenvalue weighted by Gasteiger charge is -2.29. The number of benzene rings is 1. The number of carbonyl (C=O) groups excluding carboxylic acids is 2. The molecule has 2 fully saturated rings. The molecule has 2 atom stereocenters. The van der Waals surface area contributed by atoms with Crippen LogP contribution in [0.15, 0.2) is 24.3 Å². The van der Waals surface area contributed by atoms with Crippen LogP contribution < -0.4 is 0 Å². The van der Waals surface area contributed by atoms with Gasteiger partial charge in [0, 0.05) is 18.7 Å². The fourth-order valence-electron chi connectivity index (χ4n) is 4.82. The van der Waals surface area contributed by atoms with Gasteiger partial charge in [0.2, 0.25) is 11.8 Å². The topological polar surface area (TPSA) is 64.4 Å². The van der Waals surface area contributed by atoms with Crippen molar-refractivity contribution in [2.45, 2.75) is 57.0 Å². The summed E-state index contributed by atoms with van der Waals surface area (Å²) in [7, 11) is 0. The number of nitrogens with zero attached hydrogens (tertiary/aromatic N) is 3. The number of fused-ring (bicyclic) bond motifs is 1. The maximum Gasteiger partial charge on any atom is 0.247 e. The summed E-state index contributed by atoms with van der Waals surface area (Å²) in [6.07, 6.45) is 6.31. The number of nitriles is 1. The number of amides is 2. The first-order valence-electron chi connectivity index (χ1n) is 10.3. The summed E-state index contributed by atoms with van der Waals surface area (Å²) in [5.74, 6) is 1.95. The molecule has 2 amide bonds. The maximum absolute atomic E-state index is 12.9. The van der Waals surface area contributed by atoms with Gasteiger partial charge in [0.15, 0.2) is 0 Å². The Labute approximate surface area is 171 Å². The van der Waals surface area contributed by atoms with E-state index < -0.39 is 0 Å². The highest BCUT2D eigenvalue weighted by Gasteiger charge is 2.40. The van der Waals surface area contributed by atoms with Gasteiger partial charge in [0.05, 0.1) is 11.9 Å². The van der Waals surface area contributed by atoms with Gasteiger partial charge in [0.25, 0.3) is 0 Å². The second-order valence-corrected chi connectivity index (χ2v) is 9.13. The van der Waals surface area contributed by atoms with Crippen LogP contribution in [0, 0.1) is 17.2 Å². The van der Waals surface area contributed by atoms with Gasteiger partial charge in [-0.05, 0) is 55.6 Å². The van der Waals surface area contributed by atoms with Crippen molar-refractivity contribution in [1.29, 1.82) is 5.26 Å². The fraction of sp³-hybridized carbons (Fsp3) is 0.591. The van der Waals surface area contributed by atoms with Crippen molar-refractivity contribution in [3.05, 3.63) is 35.4 Å². The van der Waals surface area contributed by atoms with Crippen molar-refractivity contribution >= 4 is 23.6 Å². The molecule has 2 saturated heterocycles. The third kappa shape index (κ3) is 3.91. The number of carbonyl (C=O) groups is 2. The molecule has 2 heterocycles. The molecule has 3 aliphatic rings. The lowest BCUT2D eigenvalue weighted by Crippen LogP contribution is -2.49. The first-order valence-corrected chi connectivity index (χ1v) is 11.5. The van der Waals surface area contributed by atoms with Gasteiger partial charge in [-0.1, -0.05) is 24.3 Å². The van der Waals surface area contributed by atoms with E-state index in [0.29, 0.717) is 30.5 Å². The maximum atomic E-state index is 12.9. The molecule has 2 aliphatic heterocycles. The molecule has 6 heteroatoms. The first kappa shape index (κ1) is 19.3. The molecule has 5 nitrogen and oxygen atoms in total. The van der Waals surface area contributed by atoms with E-state index in [2.05, 4.69) is 30.3 Å². The van der Waals surface area contributed by atoms with Crippen molar-refractivity contribution in [2.24, 2.45) is 5.92 Å². The second-order valence-electron chi connectivity index (χ2n) is 8.13. The molecule has 148 valence electrons. The van der Waals surface area contributed by atoms with E-state index in [1.165, 1.54) is 11.1 Å². The van der Waals surface area contributed by atoms with Gasteiger partial charge in [-0.2, -0.15) is 5.26 Å². The zero-order valence-corrected chi connectivity index (χ0v) is 17.0. The summed E-state index contributed by atoms with van der Waals surface area (Å²) >= 11 is 1.61. The van der Waals surface area contributed by atoms with Crippen LogP contribution in [0.3, 0.4) is 0 Å². The molecular weight excluding hydrogens is 370 g/mol. The summed E-state index contributed by atoms with van der Waals surface area (Å²) < 4.78 is 0. The summed E-state index contributed by atoms with van der Waals surface area (Å²) in [4.78, 5) is 29.2. The standard InChI is InChI=1S/C22H27N3O2S/c23-13-19-14-28-15-25(19)22(27)20-8-4-10-24(20)21(26)9-3-5-16-11-17-6-1-2-7-18(17)12-16/h1-2,6-7,16,19-20H,3-5,8-12,14-15H2/t19-,20+/m1/s1. The van der Waals surface area contributed by atoms with E-state index in [9.17, 15) is 14.9 Å². The molecule has 1 aliphatic carbocycles. The predicted octanol–water partition coefficient (Wildman–Crippen LogP) is 2.99. The minimum atomic E-state index is -0.363. The van der Waals surface area contributed by atoms with Crippen LogP contribution in [0.1, 0.15) is 43.2 Å². The largest absolute Gasteiger partial charge is 0.331 e. The molecule has 0 aromatic heterocycles. The normalized spacial score (nSPS) is 24.4. The van der Waals surface area contributed by atoms with Gasteiger partial charge in [-0.25, -0.2) is 0 Å². The van der Waals surface area contributed by atoms with Crippen molar-refractivity contribution in [3.8, 4) is 6.07 Å². The minimum Gasteiger partial charge on any atom is -0.331 e. The number of hydrogen-bond donors (Lipinski definition) is 0. The van der Waals surface area contributed by atoms with E-state index in [0.717, 1.165) is 38.5 Å². The summed E-state index contributed by atoms with van der Waals surface area (Å²) in [5, 5.41) is 9.25. The van der Waals surface area contributed by atoms with Crippen molar-refractivity contribution in [2.75, 3.05) is 18.2 Å². The molecule has 4 rings (SSSR count). The van der Waals surface area contributed by atoms with E-state index >= 15 is 0 Å².